The number of nitro benzene ring substituents is 1. The van der Waals surface area contributed by atoms with Crippen molar-refractivity contribution in [3.05, 3.63) is 33.3 Å². The number of nitrogens with one attached hydrogen (secondary N) is 1. The maximum absolute atomic E-state index is 10.5. The van der Waals surface area contributed by atoms with Crippen LogP contribution in [-0.2, 0) is 0 Å². The van der Waals surface area contributed by atoms with E-state index < -0.39 is 11.0 Å². The van der Waals surface area contributed by atoms with Gasteiger partial charge in [-0.2, -0.15) is 0 Å². The van der Waals surface area contributed by atoms with Gasteiger partial charge in [0.25, 0.3) is 5.69 Å². The molecule has 0 aliphatic heterocycles. The summed E-state index contributed by atoms with van der Waals surface area (Å²) in [4.78, 5) is 9.94. The number of nitrogens with zero attached hydrogens (tertiary/aromatic N) is 1. The Hall–Kier alpha value is -1.08. The summed E-state index contributed by atoms with van der Waals surface area (Å²) in [7, 11) is 1.71. The van der Waals surface area contributed by atoms with E-state index in [1.54, 1.807) is 7.05 Å². The van der Waals surface area contributed by atoms with E-state index in [-0.39, 0.29) is 29.7 Å². The standard InChI is InChI=1S/C10H13ClN2O4.ClH/c1-12-5-8(14)6-17-10-3-2-7(13(15)16)4-9(10)11;/h2-4,8,12,14H,5-6H2,1H3;1H. The lowest BCUT2D eigenvalue weighted by atomic mass is 10.3. The van der Waals surface area contributed by atoms with E-state index in [0.717, 1.165) is 0 Å². The highest BCUT2D eigenvalue weighted by atomic mass is 35.5. The maximum Gasteiger partial charge on any atom is 0.271 e. The third-order valence-corrected chi connectivity index (χ3v) is 2.29. The van der Waals surface area contributed by atoms with Gasteiger partial charge in [0.1, 0.15) is 18.5 Å². The second kappa shape index (κ2) is 8.10. The van der Waals surface area contributed by atoms with Gasteiger partial charge in [-0.25, -0.2) is 0 Å². The van der Waals surface area contributed by atoms with E-state index in [4.69, 9.17) is 16.3 Å². The van der Waals surface area contributed by atoms with Gasteiger partial charge in [0.15, 0.2) is 0 Å². The average molecular weight is 297 g/mol. The van der Waals surface area contributed by atoms with Gasteiger partial charge in [-0.15, -0.1) is 12.4 Å². The molecule has 0 aliphatic carbocycles. The highest BCUT2D eigenvalue weighted by Gasteiger charge is 2.11. The van der Waals surface area contributed by atoms with E-state index >= 15 is 0 Å². The van der Waals surface area contributed by atoms with Crippen molar-refractivity contribution in [3.8, 4) is 5.75 Å². The molecule has 2 N–H and O–H groups in total. The van der Waals surface area contributed by atoms with Crippen LogP contribution < -0.4 is 10.1 Å². The second-order valence-corrected chi connectivity index (χ2v) is 3.80. The van der Waals surface area contributed by atoms with Crippen molar-refractivity contribution in [2.45, 2.75) is 6.10 Å². The number of rotatable bonds is 6. The molecule has 0 bridgehead atoms. The highest BCUT2D eigenvalue weighted by molar-refractivity contribution is 6.32. The van der Waals surface area contributed by atoms with E-state index in [0.29, 0.717) is 12.3 Å². The smallest absolute Gasteiger partial charge is 0.271 e. The summed E-state index contributed by atoms with van der Waals surface area (Å²) in [6.45, 7) is 0.461. The van der Waals surface area contributed by atoms with Crippen molar-refractivity contribution in [2.75, 3.05) is 20.2 Å². The zero-order chi connectivity index (χ0) is 12.8. The molecule has 6 nitrogen and oxygen atoms in total. The second-order valence-electron chi connectivity index (χ2n) is 3.39. The van der Waals surface area contributed by atoms with E-state index in [2.05, 4.69) is 5.32 Å². The van der Waals surface area contributed by atoms with Crippen LogP contribution in [0.25, 0.3) is 0 Å². The highest BCUT2D eigenvalue weighted by Crippen LogP contribution is 2.28. The van der Waals surface area contributed by atoms with Crippen molar-refractivity contribution in [3.63, 3.8) is 0 Å². The predicted molar refractivity (Wildman–Crippen MR) is 70.8 cm³/mol. The van der Waals surface area contributed by atoms with Crippen LogP contribution >= 0.6 is 24.0 Å². The number of benzene rings is 1. The monoisotopic (exact) mass is 296 g/mol. The Morgan fingerprint density at radius 2 is 2.28 bits per heavy atom. The summed E-state index contributed by atoms with van der Waals surface area (Å²) in [6, 6.07) is 3.92. The zero-order valence-corrected chi connectivity index (χ0v) is 11.2. The van der Waals surface area contributed by atoms with Gasteiger partial charge in [-0.1, -0.05) is 11.6 Å². The first kappa shape index (κ1) is 16.9. The molecule has 1 rings (SSSR count). The molecule has 0 saturated carbocycles. The number of likely N-dealkylation sites (N-methyl/N-ethyl adjacent to an activating group) is 1. The minimum absolute atomic E-state index is 0. The SMILES string of the molecule is CNCC(O)COc1ccc([N+](=O)[O-])cc1Cl.Cl. The van der Waals surface area contributed by atoms with Crippen LogP contribution in [0.5, 0.6) is 5.75 Å². The van der Waals surface area contributed by atoms with Crippen LogP contribution in [0.4, 0.5) is 5.69 Å². The number of aliphatic hydroxyl groups excluding tert-OH is 1. The molecule has 1 aromatic rings. The molecule has 1 unspecified atom stereocenters. The lowest BCUT2D eigenvalue weighted by Gasteiger charge is -2.12. The van der Waals surface area contributed by atoms with Gasteiger partial charge in [-0.05, 0) is 13.1 Å². The number of ether oxygens (including phenoxy) is 1. The fraction of sp³-hybridized carbons (Fsp3) is 0.400. The van der Waals surface area contributed by atoms with Crippen LogP contribution in [0, 0.1) is 10.1 Å². The first-order chi connectivity index (χ1) is 8.04. The Bertz CT molecular complexity index is 403. The molecule has 0 aromatic heterocycles. The van der Waals surface area contributed by atoms with Crippen LogP contribution in [0.2, 0.25) is 5.02 Å². The Morgan fingerprint density at radius 3 is 2.78 bits per heavy atom. The third kappa shape index (κ3) is 5.05. The summed E-state index contributed by atoms with van der Waals surface area (Å²) in [5.41, 5.74) is -0.0990. The summed E-state index contributed by atoms with van der Waals surface area (Å²) >= 11 is 5.81. The summed E-state index contributed by atoms with van der Waals surface area (Å²) in [5, 5.41) is 22.8. The normalized spacial score (nSPS) is 11.5. The molecular weight excluding hydrogens is 283 g/mol. The fourth-order valence-electron chi connectivity index (χ4n) is 1.20. The van der Waals surface area contributed by atoms with E-state index in [9.17, 15) is 15.2 Å². The lowest BCUT2D eigenvalue weighted by Crippen LogP contribution is -2.29. The molecule has 102 valence electrons. The predicted octanol–water partition coefficient (Wildman–Crippen LogP) is 1.63. The summed E-state index contributed by atoms with van der Waals surface area (Å²) in [6.07, 6.45) is -0.661. The third-order valence-electron chi connectivity index (χ3n) is 2.00. The minimum atomic E-state index is -0.661. The molecule has 1 atom stereocenters. The Labute approximate surface area is 115 Å². The number of non-ortho nitro benzene ring substituents is 1. The summed E-state index contributed by atoms with van der Waals surface area (Å²) in [5.74, 6) is 0.312. The largest absolute Gasteiger partial charge is 0.489 e. The molecule has 18 heavy (non-hydrogen) atoms. The minimum Gasteiger partial charge on any atom is -0.489 e. The van der Waals surface area contributed by atoms with Gasteiger partial charge >= 0.3 is 0 Å². The molecule has 0 fully saturated rings. The van der Waals surface area contributed by atoms with E-state index in [1.807, 2.05) is 0 Å². The molecule has 0 saturated heterocycles. The van der Waals surface area contributed by atoms with Crippen LogP contribution in [0.15, 0.2) is 18.2 Å². The topological polar surface area (TPSA) is 84.6 Å². The van der Waals surface area contributed by atoms with Crippen LogP contribution in [0.3, 0.4) is 0 Å². The van der Waals surface area contributed by atoms with E-state index in [1.165, 1.54) is 18.2 Å². The first-order valence-electron chi connectivity index (χ1n) is 4.94. The Morgan fingerprint density at radius 1 is 1.61 bits per heavy atom. The van der Waals surface area contributed by atoms with Crippen molar-refractivity contribution in [1.29, 1.82) is 0 Å². The van der Waals surface area contributed by atoms with Gasteiger partial charge in [0.05, 0.1) is 9.95 Å². The van der Waals surface area contributed by atoms with Gasteiger partial charge in [0, 0.05) is 18.7 Å². The van der Waals surface area contributed by atoms with Crippen molar-refractivity contribution < 1.29 is 14.8 Å². The molecule has 1 aromatic carbocycles. The number of hydrogen-bond acceptors (Lipinski definition) is 5. The van der Waals surface area contributed by atoms with Crippen molar-refractivity contribution >= 4 is 29.7 Å². The molecule has 8 heteroatoms. The number of aliphatic hydroxyl groups is 1. The number of halogens is 2. The van der Waals surface area contributed by atoms with Crippen LogP contribution in [-0.4, -0.2) is 36.3 Å². The molecule has 0 aliphatic rings. The Kier molecular flexibility index (Phi) is 7.61. The summed E-state index contributed by atoms with van der Waals surface area (Å²) < 4.78 is 5.24. The number of hydrogen-bond donors (Lipinski definition) is 2. The average Bonchev–Trinajstić information content (AvgIpc) is 2.27. The molecule has 0 radical (unpaired) electrons. The molecular formula is C10H14Cl2N2O4. The maximum atomic E-state index is 10.5. The van der Waals surface area contributed by atoms with Gasteiger partial charge in [0.2, 0.25) is 0 Å². The first-order valence-corrected chi connectivity index (χ1v) is 5.31. The zero-order valence-electron chi connectivity index (χ0n) is 9.63. The van der Waals surface area contributed by atoms with Crippen molar-refractivity contribution in [2.24, 2.45) is 0 Å². The van der Waals surface area contributed by atoms with Gasteiger partial charge in [-0.3, -0.25) is 10.1 Å². The van der Waals surface area contributed by atoms with Gasteiger partial charge < -0.3 is 15.2 Å². The molecule has 0 amide bonds. The number of nitro groups is 1. The fourth-order valence-corrected chi connectivity index (χ4v) is 1.43. The lowest BCUT2D eigenvalue weighted by molar-refractivity contribution is -0.384. The van der Waals surface area contributed by atoms with Crippen LogP contribution in [0.1, 0.15) is 0 Å². The quantitative estimate of drug-likeness (QED) is 0.616. The van der Waals surface area contributed by atoms with Crippen molar-refractivity contribution in [1.82, 2.24) is 5.32 Å². The molecule has 0 heterocycles. The molecule has 0 spiro atoms. The Balaban J connectivity index is 0.00000289.